The number of halogens is 9. The number of alkyl halides is 9. The Morgan fingerprint density at radius 2 is 0.776 bits per heavy atom. The summed E-state index contributed by atoms with van der Waals surface area (Å²) in [6, 6.07) is 17.6. The highest BCUT2D eigenvalue weighted by Crippen LogP contribution is 2.47. The van der Waals surface area contributed by atoms with Gasteiger partial charge >= 0.3 is 18.5 Å². The van der Waals surface area contributed by atoms with Crippen LogP contribution in [0.1, 0.15) is 63.2 Å². The average molecular weight is 1690 g/mol. The van der Waals surface area contributed by atoms with Crippen molar-refractivity contribution in [1.82, 2.24) is 59.4 Å². The van der Waals surface area contributed by atoms with Crippen LogP contribution in [0.2, 0.25) is 0 Å². The molecular weight excluding hydrogens is 1610 g/mol. The standard InChI is InChI=1S/C26H27F3N8O2S.C24H27F3N8O3S2.C23H25F3N8OS/c1-5-20(38)36-10-8-35(9-11-36)17-6-7-18(15(2)12-17)32-25-30-13-19-22(33-25)34(4)24-21(31-16(3)40-24)23(39)37(19)14-26(27,28)29;1-14-11-16(33-7-9-34(10-8-33)40(4,37)38)5-6-17(14)30-23-28-12-18-20(31-23)32(3)22-19(29-15(2)39-22)21(36)35(18)13-24(25,26)27;1-13-10-15(33-8-6-27-7-9-33)4-5-16(13)30-22-28-11-17-19(31-22)32(3)21-18(29-14(2)36-21)20(35)34(17)12-23(24,25)26/h5-7,12-13H,1,8-11,14H2,2-4H3,(H,30,32,33);5-6,11-12H,7-10,13H2,1-4H3,(H,28,30,31);4-5,10-11,27H,6-9,12H2,1-3H3,(H,28,30,31). The fraction of sp³-hybridized carbons (Fsp3) is 0.384. The maximum absolute atomic E-state index is 13.5. The van der Waals surface area contributed by atoms with Gasteiger partial charge < -0.3 is 55.6 Å². The van der Waals surface area contributed by atoms with E-state index in [0.717, 1.165) is 71.3 Å². The summed E-state index contributed by atoms with van der Waals surface area (Å²) in [5, 5.41) is 15.7. The molecule has 0 aliphatic carbocycles. The number of hydrogen-bond acceptors (Lipinski definition) is 28. The highest BCUT2D eigenvalue weighted by Gasteiger charge is 2.45. The summed E-state index contributed by atoms with van der Waals surface area (Å²) in [6.45, 7) is 18.2. The molecule has 0 saturated carbocycles. The van der Waals surface area contributed by atoms with E-state index >= 15 is 0 Å². The van der Waals surface area contributed by atoms with E-state index in [-0.39, 0.29) is 75.3 Å². The van der Waals surface area contributed by atoms with Crippen molar-refractivity contribution in [1.29, 1.82) is 0 Å². The average Bonchev–Trinajstić information content (AvgIpc) is 1.62. The molecule has 9 aromatic rings. The van der Waals surface area contributed by atoms with Crippen LogP contribution in [0, 0.1) is 41.5 Å². The van der Waals surface area contributed by atoms with E-state index in [9.17, 15) is 67.1 Å². The number of sulfonamides is 1. The lowest BCUT2D eigenvalue weighted by Gasteiger charge is -2.36. The molecule has 4 amide bonds. The molecule has 12 heterocycles. The number of fused-ring (bicyclic) bond motifs is 6. The molecule has 0 atom stereocenters. The van der Waals surface area contributed by atoms with Crippen molar-refractivity contribution < 1.29 is 67.1 Å². The molecule has 30 nitrogen and oxygen atoms in total. The molecule has 6 aliphatic rings. The minimum atomic E-state index is -4.64. The Kier molecular flexibility index (Phi) is 23.5. The van der Waals surface area contributed by atoms with Gasteiger partial charge in [-0.2, -0.15) is 58.8 Å². The van der Waals surface area contributed by atoms with Gasteiger partial charge in [0.15, 0.2) is 34.5 Å². The number of thiazole rings is 3. The van der Waals surface area contributed by atoms with E-state index in [0.29, 0.717) is 103 Å². The normalized spacial score (nSPS) is 16.0. The maximum atomic E-state index is 13.5. The van der Waals surface area contributed by atoms with Crippen LogP contribution in [0.5, 0.6) is 0 Å². The molecule has 614 valence electrons. The number of rotatable bonds is 14. The van der Waals surface area contributed by atoms with Crippen molar-refractivity contribution >= 4 is 169 Å². The molecule has 3 aromatic carbocycles. The van der Waals surface area contributed by atoms with Crippen LogP contribution in [-0.4, -0.2) is 230 Å². The second kappa shape index (κ2) is 32.9. The lowest BCUT2D eigenvalue weighted by molar-refractivity contribution is -0.126. The maximum Gasteiger partial charge on any atom is 0.406 e. The molecule has 3 fully saturated rings. The first-order chi connectivity index (χ1) is 54.8. The molecule has 6 aromatic heterocycles. The van der Waals surface area contributed by atoms with Crippen LogP contribution in [0.3, 0.4) is 0 Å². The molecular formula is C73H79F9N24O6S4. The largest absolute Gasteiger partial charge is 0.406 e. The van der Waals surface area contributed by atoms with Crippen molar-refractivity contribution in [2.75, 3.05) is 186 Å². The highest BCUT2D eigenvalue weighted by molar-refractivity contribution is 7.88. The Bertz CT molecular complexity index is 5390. The van der Waals surface area contributed by atoms with E-state index < -0.39 is 65.9 Å². The zero-order valence-electron chi connectivity index (χ0n) is 64.2. The number of piperazine rings is 3. The molecule has 0 bridgehead atoms. The van der Waals surface area contributed by atoms with E-state index in [1.54, 1.807) is 61.5 Å². The second-order valence-electron chi connectivity index (χ2n) is 27.8. The number of amides is 4. The number of nitrogens with one attached hydrogen (secondary N) is 4. The van der Waals surface area contributed by atoms with Crippen molar-refractivity contribution in [2.24, 2.45) is 0 Å². The van der Waals surface area contributed by atoms with Gasteiger partial charge in [0.2, 0.25) is 33.8 Å². The summed E-state index contributed by atoms with van der Waals surface area (Å²) in [4.78, 5) is 105. The van der Waals surface area contributed by atoms with Gasteiger partial charge in [-0.15, -0.1) is 34.0 Å². The number of nitrogens with zero attached hydrogens (tertiary/aromatic N) is 20. The van der Waals surface area contributed by atoms with Gasteiger partial charge in [-0.3, -0.25) is 33.9 Å². The van der Waals surface area contributed by atoms with E-state index in [2.05, 4.69) is 93.5 Å². The monoisotopic (exact) mass is 1690 g/mol. The zero-order chi connectivity index (χ0) is 83.4. The number of carbonyl (C=O) groups is 4. The molecule has 15 rings (SSSR count). The lowest BCUT2D eigenvalue weighted by Crippen LogP contribution is -2.48. The van der Waals surface area contributed by atoms with Gasteiger partial charge in [-0.25, -0.2) is 38.3 Å². The molecule has 43 heteroatoms. The van der Waals surface area contributed by atoms with Crippen LogP contribution in [-0.2, 0) is 14.8 Å². The Morgan fingerprint density at radius 3 is 1.06 bits per heavy atom. The van der Waals surface area contributed by atoms with Crippen LogP contribution in [0.15, 0.2) is 85.8 Å². The zero-order valence-corrected chi connectivity index (χ0v) is 67.5. The number of hydrogen-bond donors (Lipinski definition) is 4. The number of carbonyl (C=O) groups excluding carboxylic acids is 4. The van der Waals surface area contributed by atoms with E-state index in [1.807, 2.05) is 69.3 Å². The first-order valence-electron chi connectivity index (χ1n) is 36.1. The molecule has 0 spiro atoms. The molecule has 3 saturated heterocycles. The summed E-state index contributed by atoms with van der Waals surface area (Å²) < 4.78 is 146. The van der Waals surface area contributed by atoms with Crippen LogP contribution >= 0.6 is 34.0 Å². The summed E-state index contributed by atoms with van der Waals surface area (Å²) in [6.07, 6.45) is -7.68. The van der Waals surface area contributed by atoms with Gasteiger partial charge in [-0.05, 0) is 119 Å². The smallest absolute Gasteiger partial charge is 0.369 e. The summed E-state index contributed by atoms with van der Waals surface area (Å²) in [7, 11) is 1.69. The van der Waals surface area contributed by atoms with Crippen LogP contribution < -0.4 is 65.4 Å². The van der Waals surface area contributed by atoms with Gasteiger partial charge in [0.05, 0.1) is 39.9 Å². The fourth-order valence-electron chi connectivity index (χ4n) is 13.8. The first kappa shape index (κ1) is 82.8. The topological polar surface area (TPSA) is 302 Å². The van der Waals surface area contributed by atoms with Crippen molar-refractivity contribution in [2.45, 2.75) is 60.1 Å². The minimum absolute atomic E-state index is 0.0287. The Labute approximate surface area is 672 Å². The van der Waals surface area contributed by atoms with Gasteiger partial charge in [0.25, 0.3) is 17.7 Å². The fourth-order valence-corrected chi connectivity index (χ4v) is 17.2. The number of benzene rings is 3. The number of anilines is 18. The van der Waals surface area contributed by atoms with Crippen LogP contribution in [0.4, 0.5) is 141 Å². The third-order valence-electron chi connectivity index (χ3n) is 19.5. The second-order valence-corrected chi connectivity index (χ2v) is 33.4. The predicted molar refractivity (Wildman–Crippen MR) is 430 cm³/mol. The van der Waals surface area contributed by atoms with E-state index in [4.69, 9.17) is 0 Å². The van der Waals surface area contributed by atoms with Crippen LogP contribution in [0.25, 0.3) is 0 Å². The molecule has 0 radical (unpaired) electrons. The molecule has 116 heavy (non-hydrogen) atoms. The van der Waals surface area contributed by atoms with Crippen molar-refractivity contribution in [3.05, 3.63) is 135 Å². The van der Waals surface area contributed by atoms with Crippen molar-refractivity contribution in [3.8, 4) is 0 Å². The first-order valence-corrected chi connectivity index (χ1v) is 40.4. The van der Waals surface area contributed by atoms with Gasteiger partial charge in [0, 0.05) is 134 Å². The SMILES string of the molecule is C=CC(=O)N1CCN(c2ccc(Nc3ncc4c(n3)N(C)c3sc(C)nc3C(=O)N4CC(F)(F)F)c(C)c2)CC1.Cc1nc2c(s1)N(C)c1nc(Nc3ccc(N4CCN(S(C)(=O)=O)CC4)cc3C)ncc1N(CC(F)(F)F)C2=O.Cc1nc2c(s1)N(C)c1nc(Nc3ccc(N4CCNCC4)cc3C)ncc1N(CC(F)(F)F)C2=O. The number of aromatic nitrogens is 9. The predicted octanol–water partition coefficient (Wildman–Crippen LogP) is 12.1. The molecule has 4 N–H and O–H groups in total. The molecule has 6 aliphatic heterocycles. The van der Waals surface area contributed by atoms with Gasteiger partial charge in [0.1, 0.15) is 51.7 Å². The summed E-state index contributed by atoms with van der Waals surface area (Å²) in [5.74, 6) is -1.63. The Balaban J connectivity index is 0.000000152. The quantitative estimate of drug-likeness (QED) is 0.0581. The minimum Gasteiger partial charge on any atom is -0.369 e. The lowest BCUT2D eigenvalue weighted by atomic mass is 10.1. The summed E-state index contributed by atoms with van der Waals surface area (Å²) >= 11 is 3.62. The van der Waals surface area contributed by atoms with E-state index in [1.165, 1.54) is 69.2 Å². The third-order valence-corrected chi connectivity index (χ3v) is 24.0. The third kappa shape index (κ3) is 18.2. The Hall–Kier alpha value is -11.2. The van der Waals surface area contributed by atoms with Gasteiger partial charge in [-0.1, -0.05) is 6.58 Å². The highest BCUT2D eigenvalue weighted by atomic mass is 32.2. The number of aryl methyl sites for hydroxylation is 6. The van der Waals surface area contributed by atoms with Crippen molar-refractivity contribution in [3.63, 3.8) is 0 Å². The summed E-state index contributed by atoms with van der Waals surface area (Å²) in [5.41, 5.74) is 7.70. The Morgan fingerprint density at radius 1 is 0.474 bits per heavy atom. The molecule has 0 unspecified atom stereocenters.